The molecule has 3 aromatic heterocycles. The number of nitrogens with one attached hydrogen (secondary N) is 1. The summed E-state index contributed by atoms with van der Waals surface area (Å²) in [5, 5.41) is 4.86. The van der Waals surface area contributed by atoms with Crippen molar-refractivity contribution in [3.8, 4) is 0 Å². The molecule has 222 valence electrons. The number of benzene rings is 1. The van der Waals surface area contributed by atoms with Crippen LogP contribution in [-0.4, -0.2) is 54.5 Å². The minimum absolute atomic E-state index is 0.0392. The van der Waals surface area contributed by atoms with Gasteiger partial charge in [0.05, 0.1) is 12.2 Å². The van der Waals surface area contributed by atoms with E-state index in [4.69, 9.17) is 9.72 Å². The first-order valence-corrected chi connectivity index (χ1v) is 14.3. The van der Waals surface area contributed by atoms with Gasteiger partial charge in [-0.15, -0.1) is 0 Å². The van der Waals surface area contributed by atoms with Crippen LogP contribution in [-0.2, 0) is 24.9 Å². The quantitative estimate of drug-likeness (QED) is 0.347. The first-order chi connectivity index (χ1) is 19.9. The number of ether oxygens (including phenoxy) is 1. The van der Waals surface area contributed by atoms with Crippen molar-refractivity contribution in [3.63, 3.8) is 0 Å². The highest BCUT2D eigenvalue weighted by molar-refractivity contribution is 5.84. The third kappa shape index (κ3) is 5.95. The molecule has 0 unspecified atom stereocenters. The van der Waals surface area contributed by atoms with E-state index in [0.717, 1.165) is 29.2 Å². The fourth-order valence-corrected chi connectivity index (χ4v) is 5.40. The second-order valence-electron chi connectivity index (χ2n) is 12.1. The summed E-state index contributed by atoms with van der Waals surface area (Å²) in [7, 11) is 1.64. The molecule has 1 aliphatic rings. The normalized spacial score (nSPS) is 15.7. The number of allylic oxidation sites excluding steroid dienone is 2. The molecule has 11 heteroatoms. The molecule has 0 spiro atoms. The Kier molecular flexibility index (Phi) is 7.94. The molecule has 4 heterocycles. The number of hydrogen-bond acceptors (Lipinski definition) is 7. The third-order valence-electron chi connectivity index (χ3n) is 7.38. The van der Waals surface area contributed by atoms with E-state index in [1.807, 2.05) is 75.6 Å². The number of aryl methyl sites for hydroxylation is 1. The van der Waals surface area contributed by atoms with Gasteiger partial charge in [-0.25, -0.2) is 9.59 Å². The molecular weight excluding hydrogens is 534 g/mol. The number of anilines is 1. The van der Waals surface area contributed by atoms with Crippen molar-refractivity contribution in [1.82, 2.24) is 29.0 Å². The van der Waals surface area contributed by atoms with E-state index in [-0.39, 0.29) is 12.6 Å². The van der Waals surface area contributed by atoms with Crippen LogP contribution in [0, 0.1) is 0 Å². The summed E-state index contributed by atoms with van der Waals surface area (Å²) in [6.45, 7) is 11.1. The Hall–Kier alpha value is -4.41. The molecular formula is C31H39N7O4. The number of piperidine rings is 1. The highest BCUT2D eigenvalue weighted by Crippen LogP contribution is 2.24. The molecule has 1 aromatic carbocycles. The van der Waals surface area contributed by atoms with E-state index in [1.165, 1.54) is 9.13 Å². The monoisotopic (exact) mass is 573 g/mol. The Morgan fingerprint density at radius 1 is 1.14 bits per heavy atom. The Bertz CT molecular complexity index is 1780. The van der Waals surface area contributed by atoms with E-state index < -0.39 is 22.9 Å². The van der Waals surface area contributed by atoms with Gasteiger partial charge in [0.15, 0.2) is 11.2 Å². The van der Waals surface area contributed by atoms with Crippen LogP contribution in [0.3, 0.4) is 0 Å². The number of rotatable bonds is 6. The van der Waals surface area contributed by atoms with Gasteiger partial charge in [-0.3, -0.25) is 18.9 Å². The first-order valence-electron chi connectivity index (χ1n) is 14.3. The van der Waals surface area contributed by atoms with E-state index in [0.29, 0.717) is 42.4 Å². The fourth-order valence-electron chi connectivity index (χ4n) is 5.40. The zero-order valence-electron chi connectivity index (χ0n) is 25.2. The van der Waals surface area contributed by atoms with Crippen molar-refractivity contribution in [2.24, 2.45) is 7.05 Å². The third-order valence-corrected chi connectivity index (χ3v) is 7.38. The first kappa shape index (κ1) is 29.1. The molecule has 0 saturated carbocycles. The van der Waals surface area contributed by atoms with Crippen LogP contribution in [0.15, 0.2) is 57.8 Å². The lowest BCUT2D eigenvalue weighted by Crippen LogP contribution is -2.49. The second kappa shape index (κ2) is 11.5. The van der Waals surface area contributed by atoms with Crippen LogP contribution in [0.2, 0.25) is 0 Å². The molecule has 1 aliphatic heterocycles. The van der Waals surface area contributed by atoms with E-state index in [1.54, 1.807) is 13.2 Å². The number of alkyl carbamates (subject to hydrolysis) is 1. The van der Waals surface area contributed by atoms with Gasteiger partial charge < -0.3 is 19.5 Å². The van der Waals surface area contributed by atoms with Gasteiger partial charge >= 0.3 is 11.8 Å². The highest BCUT2D eigenvalue weighted by atomic mass is 16.6. The van der Waals surface area contributed by atoms with Gasteiger partial charge in [-0.05, 0) is 58.9 Å². The molecule has 5 rings (SSSR count). The number of imidazole rings is 1. The molecule has 1 fully saturated rings. The van der Waals surface area contributed by atoms with Crippen molar-refractivity contribution in [3.05, 3.63) is 74.7 Å². The molecule has 1 saturated heterocycles. The van der Waals surface area contributed by atoms with Crippen molar-refractivity contribution in [1.29, 1.82) is 0 Å². The van der Waals surface area contributed by atoms with E-state index in [2.05, 4.69) is 15.2 Å². The zero-order valence-corrected chi connectivity index (χ0v) is 25.2. The number of nitrogens with zero attached hydrogens (tertiary/aromatic N) is 6. The number of pyridine rings is 1. The topological polar surface area (TPSA) is 116 Å². The number of carbonyl (C=O) groups excluding carboxylic acids is 1. The van der Waals surface area contributed by atoms with Crippen LogP contribution in [0.25, 0.3) is 21.9 Å². The summed E-state index contributed by atoms with van der Waals surface area (Å²) in [4.78, 5) is 51.6. The van der Waals surface area contributed by atoms with Crippen LogP contribution < -0.4 is 21.5 Å². The number of aromatic nitrogens is 5. The van der Waals surface area contributed by atoms with E-state index >= 15 is 0 Å². The average Bonchev–Trinajstić information content (AvgIpc) is 3.32. The maximum absolute atomic E-state index is 14.1. The molecule has 1 N–H and O–H groups in total. The molecule has 11 nitrogen and oxygen atoms in total. The Morgan fingerprint density at radius 2 is 1.90 bits per heavy atom. The Labute approximate surface area is 244 Å². The predicted octanol–water partition coefficient (Wildman–Crippen LogP) is 3.95. The molecule has 1 amide bonds. The largest absolute Gasteiger partial charge is 0.444 e. The van der Waals surface area contributed by atoms with Gasteiger partial charge in [0.1, 0.15) is 5.60 Å². The van der Waals surface area contributed by atoms with Crippen molar-refractivity contribution in [2.45, 2.75) is 72.2 Å². The van der Waals surface area contributed by atoms with Crippen LogP contribution in [0.5, 0.6) is 0 Å². The van der Waals surface area contributed by atoms with Crippen molar-refractivity contribution >= 4 is 34.0 Å². The minimum atomic E-state index is -0.594. The van der Waals surface area contributed by atoms with Gasteiger partial charge in [-0.2, -0.15) is 4.98 Å². The van der Waals surface area contributed by atoms with E-state index in [9.17, 15) is 14.4 Å². The summed E-state index contributed by atoms with van der Waals surface area (Å²) in [6, 6.07) is 9.55. The Morgan fingerprint density at radius 3 is 2.64 bits per heavy atom. The zero-order chi connectivity index (χ0) is 30.2. The molecule has 4 aromatic rings. The summed E-state index contributed by atoms with van der Waals surface area (Å²) in [5.41, 5.74) is 0.958. The maximum atomic E-state index is 14.1. The molecule has 0 bridgehead atoms. The summed E-state index contributed by atoms with van der Waals surface area (Å²) in [6.07, 6.45) is 4.89. The number of carbonyl (C=O) groups is 1. The number of hydrogen-bond donors (Lipinski definition) is 1. The number of amides is 1. The van der Waals surface area contributed by atoms with Crippen molar-refractivity contribution < 1.29 is 9.53 Å². The van der Waals surface area contributed by atoms with Crippen LogP contribution in [0.4, 0.5) is 10.7 Å². The predicted molar refractivity (Wildman–Crippen MR) is 164 cm³/mol. The Balaban J connectivity index is 1.58. The van der Waals surface area contributed by atoms with Crippen LogP contribution >= 0.6 is 0 Å². The summed E-state index contributed by atoms with van der Waals surface area (Å²) < 4.78 is 10.0. The molecule has 1 atom stereocenters. The maximum Gasteiger partial charge on any atom is 0.407 e. The standard InChI is InChI=1S/C31H39N7O4/c1-20(2)14-17-37-25-26(34-28(37)36-16-9-11-22(18-36)33-29(40)42-31(3,4)5)35(6)30(41)38(27(25)39)19-24-23-12-8-7-10-21(23)13-15-32-24/h7-8,10,12-15,22H,9,11,16-19H2,1-6H3,(H,33,40)/t22-/m1/s1. The summed E-state index contributed by atoms with van der Waals surface area (Å²) in [5.74, 6) is 0.589. The van der Waals surface area contributed by atoms with Gasteiger partial charge in [0.2, 0.25) is 5.95 Å². The number of fused-ring (bicyclic) bond motifs is 2. The summed E-state index contributed by atoms with van der Waals surface area (Å²) >= 11 is 0. The highest BCUT2D eigenvalue weighted by Gasteiger charge is 2.29. The average molecular weight is 574 g/mol. The van der Waals surface area contributed by atoms with Crippen LogP contribution in [0.1, 0.15) is 53.2 Å². The molecule has 0 radical (unpaired) electrons. The lowest BCUT2D eigenvalue weighted by atomic mass is 10.1. The lowest BCUT2D eigenvalue weighted by Gasteiger charge is -2.34. The fraction of sp³-hybridized carbons (Fsp3) is 0.452. The van der Waals surface area contributed by atoms with Crippen molar-refractivity contribution in [2.75, 3.05) is 18.0 Å². The van der Waals surface area contributed by atoms with Gasteiger partial charge in [0, 0.05) is 44.3 Å². The smallest absolute Gasteiger partial charge is 0.407 e. The SMILES string of the molecule is CC(C)=CCn1c(N2CCC[C@@H](NC(=O)OC(C)(C)C)C2)nc2c1c(=O)n(Cc1nccc3ccccc13)c(=O)n2C. The van der Waals surface area contributed by atoms with Gasteiger partial charge in [-0.1, -0.05) is 35.9 Å². The van der Waals surface area contributed by atoms with Gasteiger partial charge in [0.25, 0.3) is 5.56 Å². The minimum Gasteiger partial charge on any atom is -0.444 e. The second-order valence-corrected chi connectivity index (χ2v) is 12.1. The molecule has 42 heavy (non-hydrogen) atoms. The lowest BCUT2D eigenvalue weighted by molar-refractivity contribution is 0.0499. The molecule has 0 aliphatic carbocycles.